The zero-order valence-corrected chi connectivity index (χ0v) is 10.6. The van der Waals surface area contributed by atoms with Crippen molar-refractivity contribution in [3.63, 3.8) is 0 Å². The monoisotopic (exact) mass is 262 g/mol. The quantitative estimate of drug-likeness (QED) is 0.871. The summed E-state index contributed by atoms with van der Waals surface area (Å²) in [5.41, 5.74) is 2.20. The second-order valence-electron chi connectivity index (χ2n) is 4.07. The first-order valence-electron chi connectivity index (χ1n) is 5.70. The Morgan fingerprint density at radius 2 is 1.94 bits per heavy atom. The minimum atomic E-state index is -1.28. The van der Waals surface area contributed by atoms with E-state index in [0.717, 1.165) is 11.1 Å². The lowest BCUT2D eigenvalue weighted by molar-refractivity contribution is -0.146. The Labute approximate surface area is 109 Å². The Hall–Kier alpha value is -1.65. The minimum Gasteiger partial charge on any atom is -0.479 e. The van der Waals surface area contributed by atoms with Gasteiger partial charge in [0.1, 0.15) is 0 Å². The van der Waals surface area contributed by atoms with Gasteiger partial charge in [-0.25, -0.2) is 4.79 Å². The van der Waals surface area contributed by atoms with E-state index in [9.17, 15) is 9.90 Å². The van der Waals surface area contributed by atoms with Gasteiger partial charge in [-0.2, -0.15) is 0 Å². The summed E-state index contributed by atoms with van der Waals surface area (Å²) >= 11 is 1.69. The highest BCUT2D eigenvalue weighted by atomic mass is 32.1. The van der Waals surface area contributed by atoms with Crippen LogP contribution in [0.25, 0.3) is 10.4 Å². The molecule has 1 heterocycles. The molecule has 0 bridgehead atoms. The van der Waals surface area contributed by atoms with Gasteiger partial charge in [-0.3, -0.25) is 0 Å². The smallest absolute Gasteiger partial charge is 0.332 e. The van der Waals surface area contributed by atoms with Gasteiger partial charge in [0.2, 0.25) is 0 Å². The van der Waals surface area contributed by atoms with Crippen LogP contribution in [0.5, 0.6) is 0 Å². The van der Waals surface area contributed by atoms with Crippen molar-refractivity contribution in [2.24, 2.45) is 0 Å². The molecule has 2 aromatic rings. The molecular formula is C14H14O3S. The summed E-state index contributed by atoms with van der Waals surface area (Å²) in [4.78, 5) is 11.7. The molecule has 0 radical (unpaired) electrons. The maximum Gasteiger partial charge on any atom is 0.332 e. The Bertz CT molecular complexity index is 502. The summed E-state index contributed by atoms with van der Waals surface area (Å²) < 4.78 is 0. The zero-order chi connectivity index (χ0) is 13.0. The van der Waals surface area contributed by atoms with E-state index in [2.05, 4.69) is 6.07 Å². The molecule has 0 aliphatic rings. The lowest BCUT2D eigenvalue weighted by Gasteiger charge is -2.06. The summed E-state index contributed by atoms with van der Waals surface area (Å²) in [6, 6.07) is 12.1. The molecule has 0 spiro atoms. The fourth-order valence-electron chi connectivity index (χ4n) is 1.71. The molecule has 1 aromatic heterocycles. The summed E-state index contributed by atoms with van der Waals surface area (Å²) in [6.07, 6.45) is -0.465. The first-order valence-corrected chi connectivity index (χ1v) is 6.58. The van der Waals surface area contributed by atoms with Gasteiger partial charge in [0.25, 0.3) is 0 Å². The van der Waals surface area contributed by atoms with Crippen LogP contribution >= 0.6 is 11.3 Å². The number of aliphatic hydroxyl groups is 1. The lowest BCUT2D eigenvalue weighted by atomic mass is 10.0. The summed E-state index contributed by atoms with van der Waals surface area (Å²) in [6.45, 7) is 0. The summed E-state index contributed by atoms with van der Waals surface area (Å²) in [5, 5.41) is 19.8. The van der Waals surface area contributed by atoms with Gasteiger partial charge in [-0.1, -0.05) is 30.3 Å². The Morgan fingerprint density at radius 1 is 1.22 bits per heavy atom. The van der Waals surface area contributed by atoms with E-state index in [-0.39, 0.29) is 6.42 Å². The lowest BCUT2D eigenvalue weighted by Crippen LogP contribution is -2.19. The molecule has 18 heavy (non-hydrogen) atoms. The number of hydrogen-bond donors (Lipinski definition) is 2. The molecule has 0 fully saturated rings. The van der Waals surface area contributed by atoms with Crippen molar-refractivity contribution in [3.05, 3.63) is 47.3 Å². The van der Waals surface area contributed by atoms with Crippen molar-refractivity contribution >= 4 is 17.3 Å². The molecule has 3 nitrogen and oxygen atoms in total. The summed E-state index contributed by atoms with van der Waals surface area (Å²) in [5.74, 6) is -1.16. The topological polar surface area (TPSA) is 57.5 Å². The Balaban J connectivity index is 1.98. The van der Waals surface area contributed by atoms with Crippen LogP contribution in [0, 0.1) is 0 Å². The second kappa shape index (κ2) is 5.80. The van der Waals surface area contributed by atoms with Crippen LogP contribution in [0.15, 0.2) is 41.8 Å². The average Bonchev–Trinajstić information content (AvgIpc) is 2.90. The van der Waals surface area contributed by atoms with E-state index in [1.807, 2.05) is 35.7 Å². The van der Waals surface area contributed by atoms with Crippen LogP contribution in [0.1, 0.15) is 12.0 Å². The van der Waals surface area contributed by atoms with Gasteiger partial charge in [-0.15, -0.1) is 11.3 Å². The SMILES string of the molecule is O=C(O)C(O)CCc1ccc(-c2cccs2)cc1. The van der Waals surface area contributed by atoms with Crippen LogP contribution in [-0.2, 0) is 11.2 Å². The molecule has 1 unspecified atom stereocenters. The molecule has 4 heteroatoms. The third-order valence-electron chi connectivity index (χ3n) is 2.75. The van der Waals surface area contributed by atoms with E-state index in [0.29, 0.717) is 6.42 Å². The zero-order valence-electron chi connectivity index (χ0n) is 9.74. The minimum absolute atomic E-state index is 0.244. The van der Waals surface area contributed by atoms with Crippen LogP contribution in [-0.4, -0.2) is 22.3 Å². The van der Waals surface area contributed by atoms with Crippen LogP contribution in [0.4, 0.5) is 0 Å². The molecule has 0 saturated heterocycles. The average molecular weight is 262 g/mol. The van der Waals surface area contributed by atoms with Crippen molar-refractivity contribution < 1.29 is 15.0 Å². The van der Waals surface area contributed by atoms with Crippen molar-refractivity contribution in [2.75, 3.05) is 0 Å². The fraction of sp³-hybridized carbons (Fsp3) is 0.214. The highest BCUT2D eigenvalue weighted by molar-refractivity contribution is 7.13. The molecule has 0 aliphatic heterocycles. The van der Waals surface area contributed by atoms with Gasteiger partial charge < -0.3 is 10.2 Å². The van der Waals surface area contributed by atoms with Gasteiger partial charge in [-0.05, 0) is 35.4 Å². The number of rotatable bonds is 5. The number of aliphatic hydroxyl groups excluding tert-OH is 1. The number of carboxylic acid groups (broad SMARTS) is 1. The molecule has 0 saturated carbocycles. The standard InChI is InChI=1S/C14H14O3S/c15-12(14(16)17)8-5-10-3-6-11(7-4-10)13-2-1-9-18-13/h1-4,6-7,9,12,15H,5,8H2,(H,16,17). The largest absolute Gasteiger partial charge is 0.479 e. The predicted molar refractivity (Wildman–Crippen MR) is 71.7 cm³/mol. The van der Waals surface area contributed by atoms with E-state index in [1.54, 1.807) is 11.3 Å². The maximum atomic E-state index is 10.5. The molecule has 0 aliphatic carbocycles. The number of benzene rings is 1. The predicted octanol–water partition coefficient (Wildman–Crippen LogP) is 2.79. The molecular weight excluding hydrogens is 248 g/mol. The van der Waals surface area contributed by atoms with E-state index < -0.39 is 12.1 Å². The van der Waals surface area contributed by atoms with Crippen molar-refractivity contribution in [1.29, 1.82) is 0 Å². The third kappa shape index (κ3) is 3.18. The fourth-order valence-corrected chi connectivity index (χ4v) is 2.44. The molecule has 2 rings (SSSR count). The van der Waals surface area contributed by atoms with Crippen molar-refractivity contribution in [3.8, 4) is 10.4 Å². The highest BCUT2D eigenvalue weighted by Gasteiger charge is 2.12. The van der Waals surface area contributed by atoms with E-state index in [1.165, 1.54) is 4.88 Å². The summed E-state index contributed by atoms with van der Waals surface area (Å²) in [7, 11) is 0. The van der Waals surface area contributed by atoms with Crippen LogP contribution in [0.3, 0.4) is 0 Å². The number of thiophene rings is 1. The van der Waals surface area contributed by atoms with Crippen LogP contribution in [0.2, 0.25) is 0 Å². The first-order chi connectivity index (χ1) is 8.66. The molecule has 0 amide bonds. The number of hydrogen-bond acceptors (Lipinski definition) is 3. The third-order valence-corrected chi connectivity index (χ3v) is 3.67. The number of carboxylic acids is 1. The number of aliphatic carboxylic acids is 1. The molecule has 1 aromatic carbocycles. The van der Waals surface area contributed by atoms with Gasteiger partial charge in [0.05, 0.1) is 0 Å². The van der Waals surface area contributed by atoms with Gasteiger partial charge in [0.15, 0.2) is 6.10 Å². The maximum absolute atomic E-state index is 10.5. The van der Waals surface area contributed by atoms with E-state index >= 15 is 0 Å². The Kier molecular flexibility index (Phi) is 4.12. The molecule has 1 atom stereocenters. The molecule has 2 N–H and O–H groups in total. The Morgan fingerprint density at radius 3 is 2.50 bits per heavy atom. The first kappa shape index (κ1) is 12.8. The normalized spacial score (nSPS) is 12.3. The van der Waals surface area contributed by atoms with Crippen molar-refractivity contribution in [1.82, 2.24) is 0 Å². The van der Waals surface area contributed by atoms with Gasteiger partial charge >= 0.3 is 5.97 Å². The van der Waals surface area contributed by atoms with Crippen molar-refractivity contribution in [2.45, 2.75) is 18.9 Å². The van der Waals surface area contributed by atoms with Gasteiger partial charge in [0, 0.05) is 4.88 Å². The number of carbonyl (C=O) groups is 1. The second-order valence-corrected chi connectivity index (χ2v) is 5.01. The highest BCUT2D eigenvalue weighted by Crippen LogP contribution is 2.24. The van der Waals surface area contributed by atoms with E-state index in [4.69, 9.17) is 5.11 Å². The molecule has 94 valence electrons. The number of aryl methyl sites for hydroxylation is 1. The van der Waals surface area contributed by atoms with Crippen LogP contribution < -0.4 is 0 Å².